The summed E-state index contributed by atoms with van der Waals surface area (Å²) < 4.78 is 7.87. The maximum Gasteiger partial charge on any atom is 0.282 e. The maximum absolute atomic E-state index is 12.8. The first kappa shape index (κ1) is 17.6. The second-order valence-electron chi connectivity index (χ2n) is 5.73. The average molecular weight is 358 g/mol. The highest BCUT2D eigenvalue weighted by atomic mass is 32.1. The fourth-order valence-electron chi connectivity index (χ4n) is 2.70. The standard InChI is InChI=1S/C18H22N4O2S/c1-4-24-11-7-10-19-12(2)16-13(3)21-22(17(16)23)18-20-14-8-5-6-9-15(14)25-18/h5-6,8-9,21H,4,7,10-11H2,1-3H3. The lowest BCUT2D eigenvalue weighted by Crippen LogP contribution is -2.19. The summed E-state index contributed by atoms with van der Waals surface area (Å²) in [7, 11) is 0. The summed E-state index contributed by atoms with van der Waals surface area (Å²) in [4.78, 5) is 21.9. The summed E-state index contributed by atoms with van der Waals surface area (Å²) in [6.07, 6.45) is 0.848. The number of benzene rings is 1. The molecule has 2 aromatic heterocycles. The lowest BCUT2D eigenvalue weighted by atomic mass is 10.2. The Hall–Kier alpha value is -2.25. The molecule has 3 rings (SSSR count). The number of hydrogen-bond acceptors (Lipinski definition) is 5. The van der Waals surface area contributed by atoms with Crippen LogP contribution >= 0.6 is 11.3 Å². The van der Waals surface area contributed by atoms with E-state index in [0.717, 1.165) is 28.0 Å². The lowest BCUT2D eigenvalue weighted by Gasteiger charge is -2.00. The average Bonchev–Trinajstić information content (AvgIpc) is 3.15. The van der Waals surface area contributed by atoms with E-state index in [9.17, 15) is 4.79 Å². The van der Waals surface area contributed by atoms with E-state index in [-0.39, 0.29) is 5.56 Å². The lowest BCUT2D eigenvalue weighted by molar-refractivity contribution is 0.146. The Morgan fingerprint density at radius 1 is 1.40 bits per heavy atom. The number of aromatic nitrogens is 3. The van der Waals surface area contributed by atoms with Gasteiger partial charge in [0.2, 0.25) is 5.13 Å². The molecule has 0 saturated carbocycles. The molecule has 0 spiro atoms. The number of ether oxygens (including phenoxy) is 1. The monoisotopic (exact) mass is 358 g/mol. The van der Waals surface area contributed by atoms with E-state index in [0.29, 0.717) is 30.5 Å². The molecule has 1 aromatic carbocycles. The number of H-pyrrole nitrogens is 1. The second-order valence-corrected chi connectivity index (χ2v) is 6.74. The van der Waals surface area contributed by atoms with Crippen LogP contribution in [0.2, 0.25) is 0 Å². The highest BCUT2D eigenvalue weighted by Gasteiger charge is 2.17. The van der Waals surface area contributed by atoms with Crippen molar-refractivity contribution >= 4 is 27.3 Å². The van der Waals surface area contributed by atoms with Gasteiger partial charge in [0.05, 0.1) is 15.8 Å². The summed E-state index contributed by atoms with van der Waals surface area (Å²) in [6.45, 7) is 7.79. The van der Waals surface area contributed by atoms with Gasteiger partial charge < -0.3 is 4.74 Å². The molecule has 2 heterocycles. The smallest absolute Gasteiger partial charge is 0.282 e. The van der Waals surface area contributed by atoms with Crippen molar-refractivity contribution in [1.82, 2.24) is 14.8 Å². The third-order valence-electron chi connectivity index (χ3n) is 3.91. The number of rotatable bonds is 7. The van der Waals surface area contributed by atoms with E-state index in [2.05, 4.69) is 15.1 Å². The van der Waals surface area contributed by atoms with Crippen molar-refractivity contribution in [3.63, 3.8) is 0 Å². The predicted molar refractivity (Wildman–Crippen MR) is 102 cm³/mol. The molecule has 0 aliphatic heterocycles. The van der Waals surface area contributed by atoms with Gasteiger partial charge in [-0.25, -0.2) is 4.98 Å². The van der Waals surface area contributed by atoms with Gasteiger partial charge in [-0.3, -0.25) is 14.9 Å². The summed E-state index contributed by atoms with van der Waals surface area (Å²) in [5.74, 6) is 0. The summed E-state index contributed by atoms with van der Waals surface area (Å²) in [5, 5.41) is 3.77. The number of fused-ring (bicyclic) bond motifs is 1. The van der Waals surface area contributed by atoms with Crippen LogP contribution in [0.3, 0.4) is 0 Å². The van der Waals surface area contributed by atoms with Crippen LogP contribution in [-0.2, 0) is 4.74 Å². The molecule has 132 valence electrons. The number of nitrogens with zero attached hydrogens (tertiary/aromatic N) is 3. The number of thiazole rings is 1. The summed E-state index contributed by atoms with van der Waals surface area (Å²) in [5.41, 5.74) is 2.95. The molecule has 1 N–H and O–H groups in total. The van der Waals surface area contributed by atoms with Gasteiger partial charge in [-0.1, -0.05) is 23.5 Å². The second kappa shape index (κ2) is 7.76. The topological polar surface area (TPSA) is 72.3 Å². The van der Waals surface area contributed by atoms with Gasteiger partial charge in [-0.05, 0) is 39.3 Å². The van der Waals surface area contributed by atoms with Crippen LogP contribution in [0, 0.1) is 6.92 Å². The minimum absolute atomic E-state index is 0.109. The Morgan fingerprint density at radius 3 is 2.96 bits per heavy atom. The van der Waals surface area contributed by atoms with Crippen molar-refractivity contribution in [2.75, 3.05) is 19.8 Å². The van der Waals surface area contributed by atoms with Crippen LogP contribution in [0.1, 0.15) is 31.5 Å². The normalized spacial score (nSPS) is 12.2. The first-order chi connectivity index (χ1) is 12.1. The molecule has 0 aliphatic rings. The van der Waals surface area contributed by atoms with Crippen molar-refractivity contribution in [3.05, 3.63) is 45.9 Å². The number of hydrogen-bond donors (Lipinski definition) is 1. The molecule has 0 radical (unpaired) electrons. The Labute approximate surface area is 150 Å². The molecular weight excluding hydrogens is 336 g/mol. The minimum atomic E-state index is -0.109. The van der Waals surface area contributed by atoms with Crippen molar-refractivity contribution < 1.29 is 4.74 Å². The van der Waals surface area contributed by atoms with Gasteiger partial charge in [-0.2, -0.15) is 4.68 Å². The fraction of sp³-hybridized carbons (Fsp3) is 0.389. The Balaban J connectivity index is 1.88. The molecule has 7 heteroatoms. The van der Waals surface area contributed by atoms with Crippen LogP contribution in [0.5, 0.6) is 0 Å². The Morgan fingerprint density at radius 2 is 2.20 bits per heavy atom. The van der Waals surface area contributed by atoms with E-state index in [1.54, 1.807) is 0 Å². The largest absolute Gasteiger partial charge is 0.382 e. The van der Waals surface area contributed by atoms with Crippen LogP contribution in [0.15, 0.2) is 34.1 Å². The van der Waals surface area contributed by atoms with Crippen LogP contribution in [0.25, 0.3) is 15.3 Å². The van der Waals surface area contributed by atoms with Gasteiger partial charge in [0.15, 0.2) is 0 Å². The molecule has 0 amide bonds. The van der Waals surface area contributed by atoms with Crippen molar-refractivity contribution in [3.8, 4) is 5.13 Å². The summed E-state index contributed by atoms with van der Waals surface area (Å²) >= 11 is 1.49. The summed E-state index contributed by atoms with van der Waals surface area (Å²) in [6, 6.07) is 7.86. The van der Waals surface area contributed by atoms with Crippen molar-refractivity contribution in [2.45, 2.75) is 27.2 Å². The molecule has 0 fully saturated rings. The zero-order chi connectivity index (χ0) is 17.8. The van der Waals surface area contributed by atoms with Crippen molar-refractivity contribution in [1.29, 1.82) is 0 Å². The number of aromatic amines is 1. The molecule has 6 nitrogen and oxygen atoms in total. The SMILES string of the molecule is CCOCCCN=C(C)c1c(C)[nH]n(-c2nc3ccccc3s2)c1=O. The van der Waals surface area contributed by atoms with Crippen molar-refractivity contribution in [2.24, 2.45) is 4.99 Å². The van der Waals surface area contributed by atoms with E-state index in [1.807, 2.05) is 45.0 Å². The molecule has 3 aromatic rings. The molecule has 0 atom stereocenters. The van der Waals surface area contributed by atoms with Crippen LogP contribution in [-0.4, -0.2) is 40.2 Å². The van der Waals surface area contributed by atoms with Gasteiger partial charge in [-0.15, -0.1) is 0 Å². The van der Waals surface area contributed by atoms with E-state index in [1.165, 1.54) is 16.0 Å². The number of aliphatic imine (C=N–C) groups is 1. The third-order valence-corrected chi connectivity index (χ3v) is 4.93. The Bertz CT molecular complexity index is 919. The van der Waals surface area contributed by atoms with Gasteiger partial charge in [0.1, 0.15) is 0 Å². The minimum Gasteiger partial charge on any atom is -0.382 e. The quantitative estimate of drug-likeness (QED) is 0.520. The molecule has 0 aliphatic carbocycles. The first-order valence-corrected chi connectivity index (χ1v) is 9.20. The molecular formula is C18H22N4O2S. The highest BCUT2D eigenvalue weighted by molar-refractivity contribution is 7.20. The zero-order valence-corrected chi connectivity index (χ0v) is 15.5. The van der Waals surface area contributed by atoms with Gasteiger partial charge in [0.25, 0.3) is 5.56 Å². The van der Waals surface area contributed by atoms with Crippen LogP contribution in [0.4, 0.5) is 0 Å². The number of aryl methyl sites for hydroxylation is 1. The van der Waals surface area contributed by atoms with Gasteiger partial charge >= 0.3 is 0 Å². The highest BCUT2D eigenvalue weighted by Crippen LogP contribution is 2.23. The number of nitrogens with one attached hydrogen (secondary N) is 1. The van der Waals surface area contributed by atoms with E-state index >= 15 is 0 Å². The molecule has 25 heavy (non-hydrogen) atoms. The van der Waals surface area contributed by atoms with Crippen LogP contribution < -0.4 is 5.56 Å². The maximum atomic E-state index is 12.8. The predicted octanol–water partition coefficient (Wildman–Crippen LogP) is 3.32. The molecule has 0 unspecified atom stereocenters. The third kappa shape index (κ3) is 3.72. The Kier molecular flexibility index (Phi) is 5.45. The zero-order valence-electron chi connectivity index (χ0n) is 14.7. The number of para-hydroxylation sites is 1. The first-order valence-electron chi connectivity index (χ1n) is 8.38. The van der Waals surface area contributed by atoms with E-state index < -0.39 is 0 Å². The molecule has 0 bridgehead atoms. The molecule has 0 saturated heterocycles. The fourth-order valence-corrected chi connectivity index (χ4v) is 3.63. The van der Waals surface area contributed by atoms with Gasteiger partial charge in [0, 0.05) is 31.2 Å². The van der Waals surface area contributed by atoms with E-state index in [4.69, 9.17) is 4.74 Å².